The molecule has 3 aromatic heterocycles. The topological polar surface area (TPSA) is 78.7 Å². The largest absolute Gasteiger partial charge is 0.467 e. The van der Waals surface area contributed by atoms with Crippen LogP contribution in [0.15, 0.2) is 53.1 Å². The molecule has 0 aliphatic rings. The van der Waals surface area contributed by atoms with Crippen molar-refractivity contribution in [3.05, 3.63) is 77.0 Å². The van der Waals surface area contributed by atoms with Crippen molar-refractivity contribution in [2.75, 3.05) is 0 Å². The van der Waals surface area contributed by atoms with Gasteiger partial charge in [0.05, 0.1) is 12.8 Å². The summed E-state index contributed by atoms with van der Waals surface area (Å²) in [5.74, 6) is 1.31. The van der Waals surface area contributed by atoms with Gasteiger partial charge in [-0.2, -0.15) is 4.80 Å². The molecule has 0 unspecified atom stereocenters. The van der Waals surface area contributed by atoms with Crippen molar-refractivity contribution in [3.63, 3.8) is 0 Å². The van der Waals surface area contributed by atoms with Crippen molar-refractivity contribution in [1.82, 2.24) is 24.8 Å². The Morgan fingerprint density at radius 3 is 2.61 bits per heavy atom. The molecular weight excluding hydrogens is 354 g/mol. The second-order valence-corrected chi connectivity index (χ2v) is 6.88. The molecular formula is C21H21N5O2. The van der Waals surface area contributed by atoms with E-state index >= 15 is 0 Å². The average Bonchev–Trinajstić information content (AvgIpc) is 3.40. The number of carbonyl (C=O) groups excluding carboxylic acids is 1. The third kappa shape index (κ3) is 3.51. The van der Waals surface area contributed by atoms with Gasteiger partial charge in [0, 0.05) is 22.5 Å². The molecule has 4 aromatic rings. The van der Waals surface area contributed by atoms with E-state index in [0.717, 1.165) is 28.3 Å². The summed E-state index contributed by atoms with van der Waals surface area (Å²) in [6.45, 7) is 6.58. The highest BCUT2D eigenvalue weighted by molar-refractivity contribution is 5.97. The molecule has 0 aliphatic carbocycles. The van der Waals surface area contributed by atoms with Gasteiger partial charge in [-0.15, -0.1) is 10.2 Å². The minimum atomic E-state index is -0.0494. The molecule has 0 N–H and O–H groups in total. The second-order valence-electron chi connectivity index (χ2n) is 6.88. The molecule has 1 aromatic carbocycles. The van der Waals surface area contributed by atoms with Crippen LogP contribution in [0, 0.1) is 20.8 Å². The Morgan fingerprint density at radius 2 is 1.89 bits per heavy atom. The van der Waals surface area contributed by atoms with Crippen LogP contribution in [0.2, 0.25) is 0 Å². The lowest BCUT2D eigenvalue weighted by Gasteiger charge is -2.07. The van der Waals surface area contributed by atoms with Gasteiger partial charge in [-0.1, -0.05) is 29.8 Å². The Bertz CT molecular complexity index is 1100. The highest BCUT2D eigenvalue weighted by Crippen LogP contribution is 2.19. The van der Waals surface area contributed by atoms with E-state index in [1.807, 2.05) is 63.2 Å². The van der Waals surface area contributed by atoms with E-state index in [-0.39, 0.29) is 12.3 Å². The highest BCUT2D eigenvalue weighted by atomic mass is 16.3. The fraction of sp³-hybridized carbons (Fsp3) is 0.238. The van der Waals surface area contributed by atoms with Gasteiger partial charge in [-0.25, -0.2) is 0 Å². The lowest BCUT2D eigenvalue weighted by Crippen LogP contribution is -2.14. The van der Waals surface area contributed by atoms with E-state index in [2.05, 4.69) is 20.0 Å². The molecule has 7 nitrogen and oxygen atoms in total. The third-order valence-electron chi connectivity index (χ3n) is 4.82. The van der Waals surface area contributed by atoms with Crippen molar-refractivity contribution >= 4 is 5.78 Å². The Kier molecular flexibility index (Phi) is 4.65. The zero-order valence-corrected chi connectivity index (χ0v) is 16.1. The van der Waals surface area contributed by atoms with Gasteiger partial charge in [0.2, 0.25) is 5.82 Å². The van der Waals surface area contributed by atoms with Crippen LogP contribution in [-0.4, -0.2) is 30.6 Å². The van der Waals surface area contributed by atoms with Gasteiger partial charge in [0.15, 0.2) is 5.78 Å². The molecule has 0 spiro atoms. The van der Waals surface area contributed by atoms with E-state index in [0.29, 0.717) is 17.9 Å². The van der Waals surface area contributed by atoms with Crippen LogP contribution in [0.1, 0.15) is 33.1 Å². The maximum absolute atomic E-state index is 12.8. The monoisotopic (exact) mass is 375 g/mol. The molecule has 4 rings (SSSR count). The molecule has 0 fully saturated rings. The molecule has 0 saturated heterocycles. The number of hydrogen-bond acceptors (Lipinski definition) is 5. The highest BCUT2D eigenvalue weighted by Gasteiger charge is 2.18. The summed E-state index contributed by atoms with van der Waals surface area (Å²) >= 11 is 0. The molecule has 0 amide bonds. The Hall–Kier alpha value is -3.48. The van der Waals surface area contributed by atoms with Crippen molar-refractivity contribution in [1.29, 1.82) is 0 Å². The number of aryl methyl sites for hydroxylation is 2. The second kappa shape index (κ2) is 7.26. The number of benzene rings is 1. The smallest absolute Gasteiger partial charge is 0.204 e. The quantitative estimate of drug-likeness (QED) is 0.481. The van der Waals surface area contributed by atoms with E-state index in [4.69, 9.17) is 4.42 Å². The number of tetrazole rings is 1. The molecule has 0 atom stereocenters. The number of hydrogen-bond donors (Lipinski definition) is 0. The van der Waals surface area contributed by atoms with Crippen LogP contribution < -0.4 is 0 Å². The minimum Gasteiger partial charge on any atom is -0.467 e. The lowest BCUT2D eigenvalue weighted by atomic mass is 10.1. The molecule has 0 aliphatic heterocycles. The van der Waals surface area contributed by atoms with Crippen LogP contribution in [-0.2, 0) is 13.1 Å². The molecule has 142 valence electrons. The Labute approximate surface area is 162 Å². The minimum absolute atomic E-state index is 0.0455. The summed E-state index contributed by atoms with van der Waals surface area (Å²) in [6, 6.07) is 13.6. The standard InChI is InChI=1S/C21H21N5O2/c1-14-6-8-17(9-7-14)21-22-24-26(23-21)13-20(27)19-11-15(2)25(16(19)3)12-18-5-4-10-28-18/h4-11H,12-13H2,1-3H3. The number of nitrogens with zero attached hydrogens (tertiary/aromatic N) is 5. The van der Waals surface area contributed by atoms with Crippen molar-refractivity contribution in [2.45, 2.75) is 33.9 Å². The first-order valence-electron chi connectivity index (χ1n) is 9.08. The molecule has 7 heteroatoms. The third-order valence-corrected chi connectivity index (χ3v) is 4.82. The summed E-state index contributed by atoms with van der Waals surface area (Å²) < 4.78 is 7.49. The predicted octanol–water partition coefficient (Wildman–Crippen LogP) is 3.59. The summed E-state index contributed by atoms with van der Waals surface area (Å²) in [7, 11) is 0. The van der Waals surface area contributed by atoms with Gasteiger partial charge in [0.1, 0.15) is 12.3 Å². The van der Waals surface area contributed by atoms with Gasteiger partial charge < -0.3 is 8.98 Å². The average molecular weight is 375 g/mol. The first-order chi connectivity index (χ1) is 13.5. The zero-order valence-electron chi connectivity index (χ0n) is 16.1. The van der Waals surface area contributed by atoms with Crippen LogP contribution in [0.5, 0.6) is 0 Å². The van der Waals surface area contributed by atoms with Gasteiger partial charge in [-0.05, 0) is 44.2 Å². The maximum atomic E-state index is 12.8. The zero-order chi connectivity index (χ0) is 19.7. The van der Waals surface area contributed by atoms with E-state index in [1.54, 1.807) is 6.26 Å². The van der Waals surface area contributed by atoms with Crippen LogP contribution >= 0.6 is 0 Å². The first-order valence-corrected chi connectivity index (χ1v) is 9.08. The molecule has 0 radical (unpaired) electrons. The van der Waals surface area contributed by atoms with Gasteiger partial charge >= 0.3 is 0 Å². The van der Waals surface area contributed by atoms with Crippen LogP contribution in [0.4, 0.5) is 0 Å². The number of carbonyl (C=O) groups is 1. The summed E-state index contributed by atoms with van der Waals surface area (Å²) in [5, 5.41) is 12.5. The number of furan rings is 1. The molecule has 0 bridgehead atoms. The van der Waals surface area contributed by atoms with Crippen LogP contribution in [0.25, 0.3) is 11.4 Å². The van der Waals surface area contributed by atoms with E-state index in [9.17, 15) is 4.79 Å². The SMILES string of the molecule is Cc1ccc(-c2nnn(CC(=O)c3cc(C)n(Cc4ccco4)c3C)n2)cc1. The fourth-order valence-corrected chi connectivity index (χ4v) is 3.23. The summed E-state index contributed by atoms with van der Waals surface area (Å²) in [6.07, 6.45) is 1.65. The van der Waals surface area contributed by atoms with E-state index < -0.39 is 0 Å². The van der Waals surface area contributed by atoms with Gasteiger partial charge in [-0.3, -0.25) is 4.79 Å². The molecule has 0 saturated carbocycles. The van der Waals surface area contributed by atoms with Crippen LogP contribution in [0.3, 0.4) is 0 Å². The summed E-state index contributed by atoms with van der Waals surface area (Å²) in [4.78, 5) is 14.2. The van der Waals surface area contributed by atoms with Crippen molar-refractivity contribution in [3.8, 4) is 11.4 Å². The number of Topliss-reactive ketones (excluding diaryl/α,β-unsaturated/α-hetero) is 1. The Balaban J connectivity index is 1.52. The van der Waals surface area contributed by atoms with Crippen molar-refractivity contribution in [2.24, 2.45) is 0 Å². The number of rotatable bonds is 6. The first kappa shape index (κ1) is 17.9. The maximum Gasteiger partial charge on any atom is 0.204 e. The predicted molar refractivity (Wildman–Crippen MR) is 104 cm³/mol. The number of ketones is 1. The summed E-state index contributed by atoms with van der Waals surface area (Å²) in [5.41, 5.74) is 4.61. The van der Waals surface area contributed by atoms with E-state index in [1.165, 1.54) is 4.80 Å². The fourth-order valence-electron chi connectivity index (χ4n) is 3.23. The molecule has 28 heavy (non-hydrogen) atoms. The lowest BCUT2D eigenvalue weighted by molar-refractivity contribution is 0.0960. The molecule has 3 heterocycles. The normalized spacial score (nSPS) is 11.1. The Morgan fingerprint density at radius 1 is 1.11 bits per heavy atom. The van der Waals surface area contributed by atoms with Crippen molar-refractivity contribution < 1.29 is 9.21 Å². The number of aromatic nitrogens is 5. The van der Waals surface area contributed by atoms with Gasteiger partial charge in [0.25, 0.3) is 0 Å².